The molecule has 7 nitrogen and oxygen atoms in total. The van der Waals surface area contributed by atoms with Crippen molar-refractivity contribution in [1.82, 2.24) is 24.5 Å². The molecule has 0 aromatic carbocycles. The van der Waals surface area contributed by atoms with E-state index in [1.807, 2.05) is 0 Å². The average molecular weight is 320 g/mol. The molecule has 2 rings (SSSR count). The summed E-state index contributed by atoms with van der Waals surface area (Å²) < 4.78 is 32.3. The number of alkyl halides is 3. The molecule has 21 heavy (non-hydrogen) atoms. The molecule has 0 unspecified atom stereocenters. The fourth-order valence-electron chi connectivity index (χ4n) is 1.73. The molecule has 0 spiro atoms. The summed E-state index contributed by atoms with van der Waals surface area (Å²) in [5.41, 5.74) is 0.265. The van der Waals surface area contributed by atoms with Gasteiger partial charge in [0, 0.05) is 12.4 Å². The van der Waals surface area contributed by atoms with Crippen molar-refractivity contribution in [1.29, 1.82) is 0 Å². The van der Waals surface area contributed by atoms with Gasteiger partial charge in [0.25, 0.3) is 0 Å². The highest BCUT2D eigenvalue weighted by atomic mass is 35.5. The van der Waals surface area contributed by atoms with Crippen molar-refractivity contribution in [3.63, 3.8) is 0 Å². The Hall–Kier alpha value is -2.03. The Morgan fingerprint density at radius 1 is 1.52 bits per heavy atom. The van der Waals surface area contributed by atoms with E-state index >= 15 is 0 Å². The summed E-state index contributed by atoms with van der Waals surface area (Å²) in [4.78, 5) is 15.5. The molecule has 2 heterocycles. The molecule has 114 valence electrons. The van der Waals surface area contributed by atoms with E-state index in [-0.39, 0.29) is 30.5 Å². The van der Waals surface area contributed by atoms with Crippen molar-refractivity contribution in [2.45, 2.75) is 25.9 Å². The van der Waals surface area contributed by atoms with Crippen LogP contribution in [0.4, 0.5) is 8.78 Å². The number of ether oxygens (including phenoxy) is 1. The monoisotopic (exact) mass is 319 g/mol. The van der Waals surface area contributed by atoms with Crippen molar-refractivity contribution in [3.05, 3.63) is 29.6 Å². The Bertz CT molecular complexity index is 628. The standard InChI is InChI=1S/C11H12ClF2N5O2/c1-2-21-10(20)9-7(5-12)19(17-16-9)6-8-15-3-4-18(8)11(13)14/h3-4,11H,2,5-6H2,1H3. The molecule has 0 aliphatic heterocycles. The minimum atomic E-state index is -2.71. The van der Waals surface area contributed by atoms with E-state index in [9.17, 15) is 13.6 Å². The summed E-state index contributed by atoms with van der Waals surface area (Å²) in [6.07, 6.45) is 2.41. The number of halogens is 3. The van der Waals surface area contributed by atoms with Crippen molar-refractivity contribution in [2.24, 2.45) is 0 Å². The van der Waals surface area contributed by atoms with Gasteiger partial charge in [-0.1, -0.05) is 5.21 Å². The predicted molar refractivity (Wildman–Crippen MR) is 68.1 cm³/mol. The van der Waals surface area contributed by atoms with Crippen molar-refractivity contribution in [2.75, 3.05) is 6.61 Å². The maximum absolute atomic E-state index is 12.8. The first-order valence-electron chi connectivity index (χ1n) is 6.03. The van der Waals surface area contributed by atoms with Crippen molar-refractivity contribution >= 4 is 17.6 Å². The number of rotatable bonds is 6. The molecule has 0 aliphatic carbocycles. The predicted octanol–water partition coefficient (Wildman–Crippen LogP) is 1.83. The van der Waals surface area contributed by atoms with Gasteiger partial charge >= 0.3 is 12.5 Å². The molecular weight excluding hydrogens is 308 g/mol. The lowest BCUT2D eigenvalue weighted by Crippen LogP contribution is -2.13. The number of esters is 1. The molecule has 0 N–H and O–H groups in total. The molecule has 0 amide bonds. The second kappa shape index (κ2) is 6.61. The fourth-order valence-corrected chi connectivity index (χ4v) is 1.99. The SMILES string of the molecule is CCOC(=O)c1nnn(Cc2nccn2C(F)F)c1CCl. The summed E-state index contributed by atoms with van der Waals surface area (Å²) >= 11 is 5.78. The molecule has 0 aliphatic rings. The maximum atomic E-state index is 12.8. The van der Waals surface area contributed by atoms with E-state index < -0.39 is 12.5 Å². The summed E-state index contributed by atoms with van der Waals surface area (Å²) in [5.74, 6) is -0.635. The summed E-state index contributed by atoms with van der Waals surface area (Å²) in [6, 6.07) is 0. The lowest BCUT2D eigenvalue weighted by molar-refractivity contribution is 0.0517. The number of carbonyl (C=O) groups is 1. The van der Waals surface area contributed by atoms with Crippen LogP contribution in [0.2, 0.25) is 0 Å². The zero-order valence-corrected chi connectivity index (χ0v) is 11.8. The molecule has 0 radical (unpaired) electrons. The Morgan fingerprint density at radius 3 is 2.90 bits per heavy atom. The van der Waals surface area contributed by atoms with Crippen LogP contribution in [-0.4, -0.2) is 37.1 Å². The van der Waals surface area contributed by atoms with Crippen LogP contribution >= 0.6 is 11.6 Å². The van der Waals surface area contributed by atoms with E-state index in [2.05, 4.69) is 15.3 Å². The van der Waals surface area contributed by atoms with Crippen LogP contribution in [-0.2, 0) is 17.2 Å². The van der Waals surface area contributed by atoms with Crippen LogP contribution in [0.15, 0.2) is 12.4 Å². The normalized spacial score (nSPS) is 11.1. The van der Waals surface area contributed by atoms with Crippen LogP contribution in [0.1, 0.15) is 35.5 Å². The lowest BCUT2D eigenvalue weighted by Gasteiger charge is -2.08. The van der Waals surface area contributed by atoms with E-state index in [1.54, 1.807) is 6.92 Å². The zero-order chi connectivity index (χ0) is 15.4. The zero-order valence-electron chi connectivity index (χ0n) is 11.0. The second-order valence-electron chi connectivity index (χ2n) is 3.92. The smallest absolute Gasteiger partial charge is 0.360 e. The van der Waals surface area contributed by atoms with Gasteiger partial charge in [-0.2, -0.15) is 8.78 Å². The van der Waals surface area contributed by atoms with Gasteiger partial charge in [0.1, 0.15) is 12.4 Å². The number of hydrogen-bond donors (Lipinski definition) is 0. The van der Waals surface area contributed by atoms with Crippen LogP contribution in [0.3, 0.4) is 0 Å². The third kappa shape index (κ3) is 3.18. The van der Waals surface area contributed by atoms with E-state index in [1.165, 1.54) is 10.9 Å². The van der Waals surface area contributed by atoms with Gasteiger partial charge in [0.2, 0.25) is 0 Å². The summed E-state index contributed by atoms with van der Waals surface area (Å²) in [6.45, 7) is -0.952. The largest absolute Gasteiger partial charge is 0.461 e. The van der Waals surface area contributed by atoms with Gasteiger partial charge < -0.3 is 4.74 Å². The Labute approximate surface area is 123 Å². The number of hydrogen-bond acceptors (Lipinski definition) is 5. The molecule has 2 aromatic rings. The lowest BCUT2D eigenvalue weighted by atomic mass is 10.3. The third-order valence-electron chi connectivity index (χ3n) is 2.68. The number of aromatic nitrogens is 5. The second-order valence-corrected chi connectivity index (χ2v) is 4.19. The number of nitrogens with zero attached hydrogens (tertiary/aromatic N) is 5. The molecule has 0 saturated carbocycles. The summed E-state index contributed by atoms with van der Waals surface area (Å²) in [7, 11) is 0. The Kier molecular flexibility index (Phi) is 4.84. The maximum Gasteiger partial charge on any atom is 0.360 e. The first-order chi connectivity index (χ1) is 10.1. The fraction of sp³-hybridized carbons (Fsp3) is 0.455. The average Bonchev–Trinajstić information content (AvgIpc) is 3.05. The highest BCUT2D eigenvalue weighted by Crippen LogP contribution is 2.16. The van der Waals surface area contributed by atoms with Crippen molar-refractivity contribution in [3.8, 4) is 0 Å². The van der Waals surface area contributed by atoms with Crippen LogP contribution in [0.25, 0.3) is 0 Å². The Balaban J connectivity index is 2.28. The molecule has 0 saturated heterocycles. The minimum Gasteiger partial charge on any atom is -0.461 e. The van der Waals surface area contributed by atoms with E-state index in [4.69, 9.17) is 16.3 Å². The van der Waals surface area contributed by atoms with E-state index in [0.29, 0.717) is 10.3 Å². The van der Waals surface area contributed by atoms with Gasteiger partial charge in [0.05, 0.1) is 18.2 Å². The topological polar surface area (TPSA) is 74.8 Å². The summed E-state index contributed by atoms with van der Waals surface area (Å²) in [5, 5.41) is 7.44. The minimum absolute atomic E-state index is 0.0259. The Morgan fingerprint density at radius 2 is 2.29 bits per heavy atom. The molecule has 0 bridgehead atoms. The van der Waals surface area contributed by atoms with Crippen LogP contribution in [0, 0.1) is 0 Å². The molecule has 0 atom stereocenters. The quantitative estimate of drug-likeness (QED) is 0.600. The van der Waals surface area contributed by atoms with Crippen molar-refractivity contribution < 1.29 is 18.3 Å². The molecular formula is C11H12ClF2N5O2. The van der Waals surface area contributed by atoms with Crippen LogP contribution in [0.5, 0.6) is 0 Å². The third-order valence-corrected chi connectivity index (χ3v) is 2.94. The first kappa shape index (κ1) is 15.4. The number of carbonyl (C=O) groups excluding carboxylic acids is 1. The first-order valence-corrected chi connectivity index (χ1v) is 6.57. The molecule has 0 fully saturated rings. The highest BCUT2D eigenvalue weighted by Gasteiger charge is 2.21. The van der Waals surface area contributed by atoms with Gasteiger partial charge in [-0.3, -0.25) is 4.57 Å². The number of imidazole rings is 1. The van der Waals surface area contributed by atoms with Gasteiger partial charge in [-0.25, -0.2) is 14.5 Å². The van der Waals surface area contributed by atoms with Gasteiger partial charge in [-0.05, 0) is 6.92 Å². The van der Waals surface area contributed by atoms with Gasteiger partial charge in [-0.15, -0.1) is 16.7 Å². The van der Waals surface area contributed by atoms with E-state index in [0.717, 1.165) is 6.20 Å². The molecule has 2 aromatic heterocycles. The van der Waals surface area contributed by atoms with Gasteiger partial charge in [0.15, 0.2) is 5.69 Å². The highest BCUT2D eigenvalue weighted by molar-refractivity contribution is 6.17. The molecule has 10 heteroatoms. The van der Waals surface area contributed by atoms with Crippen LogP contribution < -0.4 is 0 Å².